The third-order valence-corrected chi connectivity index (χ3v) is 3.91. The summed E-state index contributed by atoms with van der Waals surface area (Å²) < 4.78 is 11.4. The average Bonchev–Trinajstić information content (AvgIpc) is 1.98. The van der Waals surface area contributed by atoms with Crippen molar-refractivity contribution in [3.05, 3.63) is 0 Å². The maximum absolute atomic E-state index is 5.72. The van der Waals surface area contributed by atoms with E-state index >= 15 is 0 Å². The number of ether oxygens (including phenoxy) is 2. The van der Waals surface area contributed by atoms with E-state index in [2.05, 4.69) is 48.2 Å². The summed E-state index contributed by atoms with van der Waals surface area (Å²) in [7, 11) is 0.0633. The number of rotatable bonds is 6. The highest BCUT2D eigenvalue weighted by Crippen LogP contribution is 2.30. The standard InChI is InChI=1S/C13H29O2P/c1-12(2,3)14-8-10-16(7)11-9-15-13(4,5)6/h8-11H2,1-7H3. The normalized spacial score (nSPS) is 13.5. The lowest BCUT2D eigenvalue weighted by atomic mass is 10.2. The summed E-state index contributed by atoms with van der Waals surface area (Å²) in [5, 5.41) is 0. The van der Waals surface area contributed by atoms with Gasteiger partial charge in [-0.2, -0.15) is 0 Å². The van der Waals surface area contributed by atoms with E-state index in [1.165, 1.54) is 12.3 Å². The molecule has 0 radical (unpaired) electrons. The Morgan fingerprint density at radius 1 is 0.750 bits per heavy atom. The predicted molar refractivity (Wildman–Crippen MR) is 74.0 cm³/mol. The van der Waals surface area contributed by atoms with Crippen molar-refractivity contribution in [2.24, 2.45) is 0 Å². The third kappa shape index (κ3) is 12.4. The molecule has 0 atom stereocenters. The molecule has 0 aliphatic rings. The van der Waals surface area contributed by atoms with E-state index in [4.69, 9.17) is 9.47 Å². The van der Waals surface area contributed by atoms with Gasteiger partial charge in [-0.25, -0.2) is 0 Å². The Morgan fingerprint density at radius 2 is 1.06 bits per heavy atom. The van der Waals surface area contributed by atoms with Crippen molar-refractivity contribution in [1.82, 2.24) is 0 Å². The molecular weight excluding hydrogens is 219 g/mol. The van der Waals surface area contributed by atoms with E-state index in [1.807, 2.05) is 0 Å². The van der Waals surface area contributed by atoms with Crippen molar-refractivity contribution < 1.29 is 9.47 Å². The van der Waals surface area contributed by atoms with Crippen LogP contribution >= 0.6 is 7.92 Å². The van der Waals surface area contributed by atoms with Crippen LogP contribution in [-0.4, -0.2) is 43.4 Å². The van der Waals surface area contributed by atoms with Crippen LogP contribution in [-0.2, 0) is 9.47 Å². The minimum absolute atomic E-state index is 0.00190. The van der Waals surface area contributed by atoms with Gasteiger partial charge in [-0.05, 0) is 60.5 Å². The van der Waals surface area contributed by atoms with Crippen molar-refractivity contribution in [3.8, 4) is 0 Å². The molecule has 0 heterocycles. The molecule has 0 rings (SSSR count). The van der Waals surface area contributed by atoms with Crippen LogP contribution in [0.2, 0.25) is 0 Å². The highest BCUT2D eigenvalue weighted by Gasteiger charge is 2.12. The molecule has 0 aromatic heterocycles. The molecule has 0 aromatic carbocycles. The summed E-state index contributed by atoms with van der Waals surface area (Å²) >= 11 is 0. The quantitative estimate of drug-likeness (QED) is 0.667. The molecule has 0 N–H and O–H groups in total. The molecule has 0 aliphatic carbocycles. The minimum Gasteiger partial charge on any atom is -0.376 e. The van der Waals surface area contributed by atoms with Crippen molar-refractivity contribution >= 4 is 7.92 Å². The van der Waals surface area contributed by atoms with Crippen molar-refractivity contribution in [1.29, 1.82) is 0 Å². The Kier molecular flexibility index (Phi) is 7.09. The highest BCUT2D eigenvalue weighted by atomic mass is 31.1. The van der Waals surface area contributed by atoms with Gasteiger partial charge in [-0.1, -0.05) is 0 Å². The van der Waals surface area contributed by atoms with Crippen molar-refractivity contribution in [2.45, 2.75) is 52.7 Å². The number of hydrogen-bond donors (Lipinski definition) is 0. The molecule has 0 aliphatic heterocycles. The minimum atomic E-state index is -0.00190. The summed E-state index contributed by atoms with van der Waals surface area (Å²) in [4.78, 5) is 0. The van der Waals surface area contributed by atoms with Crippen LogP contribution in [0.4, 0.5) is 0 Å². The first-order valence-electron chi connectivity index (χ1n) is 6.07. The Labute approximate surface area is 103 Å². The van der Waals surface area contributed by atoms with Crippen LogP contribution in [0.1, 0.15) is 41.5 Å². The lowest BCUT2D eigenvalue weighted by molar-refractivity contribution is 0.00482. The maximum Gasteiger partial charge on any atom is 0.0598 e. The van der Waals surface area contributed by atoms with E-state index in [0.29, 0.717) is 0 Å². The molecule has 0 aromatic rings. The second kappa shape index (κ2) is 6.93. The molecule has 0 unspecified atom stereocenters. The summed E-state index contributed by atoms with van der Waals surface area (Å²) in [6.07, 6.45) is 2.36. The smallest absolute Gasteiger partial charge is 0.0598 e. The summed E-state index contributed by atoms with van der Waals surface area (Å²) in [5.74, 6) is 0. The largest absolute Gasteiger partial charge is 0.376 e. The average molecular weight is 248 g/mol. The maximum atomic E-state index is 5.72. The van der Waals surface area contributed by atoms with E-state index in [0.717, 1.165) is 13.2 Å². The first kappa shape index (κ1) is 16.4. The Bertz CT molecular complexity index is 159. The first-order valence-corrected chi connectivity index (χ1v) is 8.22. The first-order chi connectivity index (χ1) is 7.10. The summed E-state index contributed by atoms with van der Waals surface area (Å²) in [5.41, 5.74) is -0.00380. The second-order valence-electron chi connectivity index (χ2n) is 6.22. The summed E-state index contributed by atoms with van der Waals surface area (Å²) in [6.45, 7) is 16.7. The van der Waals surface area contributed by atoms with Crippen molar-refractivity contribution in [2.75, 3.05) is 32.2 Å². The van der Waals surface area contributed by atoms with Gasteiger partial charge in [0.15, 0.2) is 0 Å². The summed E-state index contributed by atoms with van der Waals surface area (Å²) in [6, 6.07) is 0. The van der Waals surface area contributed by atoms with Gasteiger partial charge in [0.2, 0.25) is 0 Å². The number of hydrogen-bond acceptors (Lipinski definition) is 2. The molecule has 3 heteroatoms. The van der Waals surface area contributed by atoms with Gasteiger partial charge < -0.3 is 9.47 Å². The van der Waals surface area contributed by atoms with Gasteiger partial charge >= 0.3 is 0 Å². The Hall–Kier alpha value is 0.350. The highest BCUT2D eigenvalue weighted by molar-refractivity contribution is 7.56. The van der Waals surface area contributed by atoms with Gasteiger partial charge in [0.05, 0.1) is 24.4 Å². The van der Waals surface area contributed by atoms with E-state index < -0.39 is 0 Å². The van der Waals surface area contributed by atoms with E-state index in [9.17, 15) is 0 Å². The fourth-order valence-corrected chi connectivity index (χ4v) is 2.16. The van der Waals surface area contributed by atoms with Crippen LogP contribution in [0.3, 0.4) is 0 Å². The fourth-order valence-electron chi connectivity index (χ4n) is 1.13. The predicted octanol–water partition coefficient (Wildman–Crippen LogP) is 3.73. The van der Waals surface area contributed by atoms with Crippen LogP contribution in [0.5, 0.6) is 0 Å². The van der Waals surface area contributed by atoms with Gasteiger partial charge in [0, 0.05) is 0 Å². The van der Waals surface area contributed by atoms with Crippen LogP contribution in [0.25, 0.3) is 0 Å². The lowest BCUT2D eigenvalue weighted by Gasteiger charge is -2.23. The zero-order valence-electron chi connectivity index (χ0n) is 12.1. The van der Waals surface area contributed by atoms with Gasteiger partial charge in [0.25, 0.3) is 0 Å². The molecule has 0 amide bonds. The molecule has 0 saturated carbocycles. The molecule has 16 heavy (non-hydrogen) atoms. The fraction of sp³-hybridized carbons (Fsp3) is 1.00. The van der Waals surface area contributed by atoms with Gasteiger partial charge in [-0.15, -0.1) is 7.92 Å². The van der Waals surface area contributed by atoms with E-state index in [1.54, 1.807) is 0 Å². The van der Waals surface area contributed by atoms with Gasteiger partial charge in [0.1, 0.15) is 0 Å². The van der Waals surface area contributed by atoms with Crippen LogP contribution < -0.4 is 0 Å². The molecular formula is C13H29O2P. The topological polar surface area (TPSA) is 18.5 Å². The molecule has 0 bridgehead atoms. The second-order valence-corrected chi connectivity index (χ2v) is 8.83. The van der Waals surface area contributed by atoms with E-state index in [-0.39, 0.29) is 19.1 Å². The molecule has 0 saturated heterocycles. The third-order valence-electron chi connectivity index (χ3n) is 2.02. The van der Waals surface area contributed by atoms with Crippen molar-refractivity contribution in [3.63, 3.8) is 0 Å². The zero-order chi connectivity index (χ0) is 12.8. The zero-order valence-corrected chi connectivity index (χ0v) is 13.0. The SMILES string of the molecule is CP(CCOC(C)(C)C)CCOC(C)(C)C. The van der Waals surface area contributed by atoms with Crippen LogP contribution in [0.15, 0.2) is 0 Å². The lowest BCUT2D eigenvalue weighted by Crippen LogP contribution is -2.22. The molecule has 2 nitrogen and oxygen atoms in total. The molecule has 0 fully saturated rings. The van der Waals surface area contributed by atoms with Gasteiger partial charge in [-0.3, -0.25) is 0 Å². The monoisotopic (exact) mass is 248 g/mol. The Morgan fingerprint density at radius 3 is 1.31 bits per heavy atom. The molecule has 98 valence electrons. The molecule has 0 spiro atoms. The van der Waals surface area contributed by atoms with Crippen LogP contribution in [0, 0.1) is 0 Å². The Balaban J connectivity index is 3.49.